The second-order valence-electron chi connectivity index (χ2n) is 5.12. The first-order valence-electron chi connectivity index (χ1n) is 6.84. The Kier molecular flexibility index (Phi) is 4.43. The van der Waals surface area contributed by atoms with Gasteiger partial charge >= 0.3 is 0 Å². The highest BCUT2D eigenvalue weighted by atomic mass is 15.1. The lowest BCUT2D eigenvalue weighted by Crippen LogP contribution is -2.32. The number of hydrogen-bond acceptors (Lipinski definition) is 2. The second kappa shape index (κ2) is 6.06. The molecule has 0 spiro atoms. The number of rotatable bonds is 4. The van der Waals surface area contributed by atoms with E-state index in [-0.39, 0.29) is 0 Å². The summed E-state index contributed by atoms with van der Waals surface area (Å²) < 4.78 is 0. The molecule has 1 fully saturated rings. The van der Waals surface area contributed by atoms with Crippen molar-refractivity contribution < 1.29 is 0 Å². The summed E-state index contributed by atoms with van der Waals surface area (Å²) in [6.07, 6.45) is 2.66. The third kappa shape index (κ3) is 3.47. The van der Waals surface area contributed by atoms with Crippen LogP contribution in [0.3, 0.4) is 0 Å². The first kappa shape index (κ1) is 12.4. The first-order chi connectivity index (χ1) is 8.29. The fraction of sp³-hybridized carbons (Fsp3) is 0.600. The van der Waals surface area contributed by atoms with E-state index in [2.05, 4.69) is 48.3 Å². The summed E-state index contributed by atoms with van der Waals surface area (Å²) >= 11 is 0. The lowest BCUT2D eigenvalue weighted by molar-refractivity contribution is 0.438. The van der Waals surface area contributed by atoms with Crippen LogP contribution in [0.1, 0.15) is 32.3 Å². The van der Waals surface area contributed by atoms with Crippen LogP contribution in [-0.4, -0.2) is 19.6 Å². The fourth-order valence-electron chi connectivity index (χ4n) is 2.36. The Morgan fingerprint density at radius 3 is 2.41 bits per heavy atom. The van der Waals surface area contributed by atoms with E-state index in [1.165, 1.54) is 37.2 Å². The lowest BCUT2D eigenvalue weighted by Gasteiger charge is -2.32. The van der Waals surface area contributed by atoms with E-state index in [1.54, 1.807) is 0 Å². The van der Waals surface area contributed by atoms with Crippen LogP contribution in [0.4, 0.5) is 5.69 Å². The van der Waals surface area contributed by atoms with Crippen molar-refractivity contribution in [2.24, 2.45) is 5.92 Å². The van der Waals surface area contributed by atoms with Crippen molar-refractivity contribution in [3.63, 3.8) is 0 Å². The minimum Gasteiger partial charge on any atom is -0.372 e. The summed E-state index contributed by atoms with van der Waals surface area (Å²) in [6, 6.07) is 9.03. The Balaban J connectivity index is 1.93. The van der Waals surface area contributed by atoms with E-state index in [0.717, 1.165) is 19.0 Å². The fourth-order valence-corrected chi connectivity index (χ4v) is 2.36. The molecule has 94 valence electrons. The summed E-state index contributed by atoms with van der Waals surface area (Å²) in [7, 11) is 0. The van der Waals surface area contributed by atoms with Gasteiger partial charge in [0.05, 0.1) is 0 Å². The van der Waals surface area contributed by atoms with Crippen LogP contribution in [-0.2, 0) is 6.54 Å². The summed E-state index contributed by atoms with van der Waals surface area (Å²) in [5.74, 6) is 0.902. The highest BCUT2D eigenvalue weighted by molar-refractivity contribution is 5.47. The maximum absolute atomic E-state index is 3.36. The van der Waals surface area contributed by atoms with Gasteiger partial charge < -0.3 is 10.2 Å². The van der Waals surface area contributed by atoms with Gasteiger partial charge in [-0.2, -0.15) is 0 Å². The summed E-state index contributed by atoms with van der Waals surface area (Å²) in [5, 5.41) is 3.36. The van der Waals surface area contributed by atoms with Crippen LogP contribution >= 0.6 is 0 Å². The highest BCUT2D eigenvalue weighted by Gasteiger charge is 2.15. The van der Waals surface area contributed by atoms with Gasteiger partial charge in [-0.15, -0.1) is 0 Å². The molecule has 1 heterocycles. The van der Waals surface area contributed by atoms with E-state index in [0.29, 0.717) is 0 Å². The summed E-state index contributed by atoms with van der Waals surface area (Å²) in [4.78, 5) is 2.51. The zero-order chi connectivity index (χ0) is 12.1. The largest absolute Gasteiger partial charge is 0.372 e. The third-order valence-electron chi connectivity index (χ3n) is 3.66. The highest BCUT2D eigenvalue weighted by Crippen LogP contribution is 2.23. The smallest absolute Gasteiger partial charge is 0.0366 e. The molecule has 0 unspecified atom stereocenters. The van der Waals surface area contributed by atoms with Gasteiger partial charge in [0.25, 0.3) is 0 Å². The van der Waals surface area contributed by atoms with Gasteiger partial charge in [-0.1, -0.05) is 26.0 Å². The molecule has 0 radical (unpaired) electrons. The van der Waals surface area contributed by atoms with Crippen molar-refractivity contribution >= 4 is 5.69 Å². The van der Waals surface area contributed by atoms with Gasteiger partial charge in [0, 0.05) is 25.3 Å². The quantitative estimate of drug-likeness (QED) is 0.858. The van der Waals surface area contributed by atoms with E-state index < -0.39 is 0 Å². The van der Waals surface area contributed by atoms with Gasteiger partial charge in [-0.25, -0.2) is 0 Å². The predicted octanol–water partition coefficient (Wildman–Crippen LogP) is 3.03. The van der Waals surface area contributed by atoms with Crippen LogP contribution in [0, 0.1) is 5.92 Å². The van der Waals surface area contributed by atoms with Crippen molar-refractivity contribution in [3.05, 3.63) is 29.8 Å². The third-order valence-corrected chi connectivity index (χ3v) is 3.66. The van der Waals surface area contributed by atoms with E-state index in [9.17, 15) is 0 Å². The molecule has 1 aliphatic heterocycles. The maximum atomic E-state index is 3.36. The van der Waals surface area contributed by atoms with Gasteiger partial charge in [-0.05, 0) is 43.0 Å². The molecule has 2 nitrogen and oxygen atoms in total. The monoisotopic (exact) mass is 232 g/mol. The minimum atomic E-state index is 0.902. The number of nitrogens with one attached hydrogen (secondary N) is 1. The molecule has 1 aliphatic rings. The molecule has 0 aromatic heterocycles. The van der Waals surface area contributed by atoms with Crippen LogP contribution in [0.15, 0.2) is 24.3 Å². The van der Waals surface area contributed by atoms with Gasteiger partial charge in [-0.3, -0.25) is 0 Å². The van der Waals surface area contributed by atoms with Crippen molar-refractivity contribution in [1.29, 1.82) is 0 Å². The molecule has 2 rings (SSSR count). The molecule has 0 saturated carbocycles. The molecular weight excluding hydrogens is 208 g/mol. The van der Waals surface area contributed by atoms with E-state index in [1.807, 2.05) is 0 Å². The predicted molar refractivity (Wildman–Crippen MR) is 74.4 cm³/mol. The summed E-state index contributed by atoms with van der Waals surface area (Å²) in [6.45, 7) is 8.95. The molecule has 1 aromatic rings. The normalized spacial score (nSPS) is 17.4. The van der Waals surface area contributed by atoms with E-state index >= 15 is 0 Å². The molecule has 0 bridgehead atoms. The molecule has 17 heavy (non-hydrogen) atoms. The average molecular weight is 232 g/mol. The lowest BCUT2D eigenvalue weighted by atomic mass is 9.99. The van der Waals surface area contributed by atoms with Crippen molar-refractivity contribution in [2.45, 2.75) is 33.2 Å². The van der Waals surface area contributed by atoms with Crippen molar-refractivity contribution in [1.82, 2.24) is 5.32 Å². The second-order valence-corrected chi connectivity index (χ2v) is 5.12. The zero-order valence-electron chi connectivity index (χ0n) is 11.1. The molecule has 1 aromatic carbocycles. The van der Waals surface area contributed by atoms with Crippen LogP contribution in [0.5, 0.6) is 0 Å². The van der Waals surface area contributed by atoms with Crippen molar-refractivity contribution in [3.8, 4) is 0 Å². The Morgan fingerprint density at radius 2 is 1.82 bits per heavy atom. The van der Waals surface area contributed by atoms with E-state index in [4.69, 9.17) is 0 Å². The maximum Gasteiger partial charge on any atom is 0.0366 e. The van der Waals surface area contributed by atoms with Crippen LogP contribution < -0.4 is 10.2 Å². The average Bonchev–Trinajstić information content (AvgIpc) is 2.38. The standard InChI is InChI=1S/C15H24N2/c1-3-16-12-14-4-6-15(7-5-14)17-10-8-13(2)9-11-17/h4-7,13,16H,3,8-12H2,1-2H3. The van der Waals surface area contributed by atoms with Gasteiger partial charge in [0.15, 0.2) is 0 Å². The van der Waals surface area contributed by atoms with Gasteiger partial charge in [0.2, 0.25) is 0 Å². The molecule has 0 atom stereocenters. The summed E-state index contributed by atoms with van der Waals surface area (Å²) in [5.41, 5.74) is 2.76. The van der Waals surface area contributed by atoms with Crippen molar-refractivity contribution in [2.75, 3.05) is 24.5 Å². The number of nitrogens with zero attached hydrogens (tertiary/aromatic N) is 1. The molecular formula is C15H24N2. The molecule has 0 aliphatic carbocycles. The number of piperidine rings is 1. The van der Waals surface area contributed by atoms with Crippen LogP contribution in [0.25, 0.3) is 0 Å². The first-order valence-corrected chi connectivity index (χ1v) is 6.84. The van der Waals surface area contributed by atoms with Crippen LogP contribution in [0.2, 0.25) is 0 Å². The number of hydrogen-bond donors (Lipinski definition) is 1. The SMILES string of the molecule is CCNCc1ccc(N2CCC(C)CC2)cc1. The Labute approximate surface area is 105 Å². The Morgan fingerprint density at radius 1 is 1.18 bits per heavy atom. The molecule has 1 N–H and O–H groups in total. The number of benzene rings is 1. The Bertz CT molecular complexity index is 323. The van der Waals surface area contributed by atoms with Gasteiger partial charge in [0.1, 0.15) is 0 Å². The molecule has 1 saturated heterocycles. The topological polar surface area (TPSA) is 15.3 Å². The zero-order valence-corrected chi connectivity index (χ0v) is 11.1. The molecule has 2 heteroatoms. The Hall–Kier alpha value is -1.02. The minimum absolute atomic E-state index is 0.902. The molecule has 0 amide bonds. The number of anilines is 1.